The highest BCUT2D eigenvalue weighted by atomic mass is 32.2. The molecule has 19 heavy (non-hydrogen) atoms. The van der Waals surface area contributed by atoms with Gasteiger partial charge in [-0.3, -0.25) is 10.1 Å². The van der Waals surface area contributed by atoms with Crippen LogP contribution in [0.5, 0.6) is 0 Å². The van der Waals surface area contributed by atoms with Gasteiger partial charge in [0.15, 0.2) is 9.84 Å². The topological polar surface area (TPSA) is 89.3 Å². The number of aryl methyl sites for hydroxylation is 1. The maximum atomic E-state index is 11.5. The molecule has 0 radical (unpaired) electrons. The van der Waals surface area contributed by atoms with Crippen molar-refractivity contribution in [1.29, 1.82) is 0 Å². The molecule has 1 atom stereocenters. The van der Waals surface area contributed by atoms with E-state index in [1.54, 1.807) is 32.9 Å². The highest BCUT2D eigenvalue weighted by Gasteiger charge is 2.15. The Kier molecular flexibility index (Phi) is 4.88. The molecule has 7 heteroatoms. The van der Waals surface area contributed by atoms with Crippen molar-refractivity contribution in [2.45, 2.75) is 26.8 Å². The maximum Gasteiger partial charge on any atom is 0.272 e. The zero-order valence-corrected chi connectivity index (χ0v) is 12.0. The van der Waals surface area contributed by atoms with E-state index in [2.05, 4.69) is 5.32 Å². The molecular formula is C12H18N2O4S. The largest absolute Gasteiger partial charge is 0.382 e. The number of anilines is 1. The van der Waals surface area contributed by atoms with E-state index in [0.29, 0.717) is 11.3 Å². The smallest absolute Gasteiger partial charge is 0.272 e. The van der Waals surface area contributed by atoms with Gasteiger partial charge in [-0.2, -0.15) is 0 Å². The third-order valence-electron chi connectivity index (χ3n) is 2.75. The van der Waals surface area contributed by atoms with Gasteiger partial charge in [0.25, 0.3) is 5.69 Å². The van der Waals surface area contributed by atoms with Gasteiger partial charge in [0.1, 0.15) is 0 Å². The summed E-state index contributed by atoms with van der Waals surface area (Å²) in [5, 5.41) is 13.7. The summed E-state index contributed by atoms with van der Waals surface area (Å²) < 4.78 is 23.0. The predicted octanol–water partition coefficient (Wildman–Crippen LogP) is 2.14. The first-order valence-corrected chi connectivity index (χ1v) is 7.79. The van der Waals surface area contributed by atoms with E-state index in [1.807, 2.05) is 0 Å². The molecule has 0 saturated carbocycles. The molecular weight excluding hydrogens is 268 g/mol. The Hall–Kier alpha value is -1.63. The molecule has 0 heterocycles. The van der Waals surface area contributed by atoms with Crippen LogP contribution in [0.15, 0.2) is 18.2 Å². The van der Waals surface area contributed by atoms with E-state index >= 15 is 0 Å². The average molecular weight is 286 g/mol. The second kappa shape index (κ2) is 6.01. The van der Waals surface area contributed by atoms with Crippen molar-refractivity contribution >= 4 is 21.2 Å². The lowest BCUT2D eigenvalue weighted by Gasteiger charge is -2.15. The van der Waals surface area contributed by atoms with E-state index in [1.165, 1.54) is 6.07 Å². The quantitative estimate of drug-likeness (QED) is 0.639. The minimum atomic E-state index is -3.04. The van der Waals surface area contributed by atoms with Crippen molar-refractivity contribution in [3.05, 3.63) is 33.9 Å². The molecule has 0 fully saturated rings. The molecule has 1 rings (SSSR count). The lowest BCUT2D eigenvalue weighted by atomic mass is 10.1. The van der Waals surface area contributed by atoms with Crippen molar-refractivity contribution in [2.24, 2.45) is 0 Å². The number of nitro benzene ring substituents is 1. The number of hydrogen-bond acceptors (Lipinski definition) is 5. The van der Waals surface area contributed by atoms with Crippen LogP contribution in [0, 0.1) is 17.0 Å². The molecule has 106 valence electrons. The first-order chi connectivity index (χ1) is 8.75. The number of sulfone groups is 1. The summed E-state index contributed by atoms with van der Waals surface area (Å²) in [7, 11) is -3.04. The summed E-state index contributed by atoms with van der Waals surface area (Å²) in [4.78, 5) is 10.2. The molecule has 0 saturated heterocycles. The van der Waals surface area contributed by atoms with Gasteiger partial charge in [0, 0.05) is 29.1 Å². The minimum Gasteiger partial charge on any atom is -0.382 e. The molecule has 0 spiro atoms. The number of benzene rings is 1. The van der Waals surface area contributed by atoms with Crippen LogP contribution in [0.25, 0.3) is 0 Å². The molecule has 0 bridgehead atoms. The van der Waals surface area contributed by atoms with Crippen LogP contribution in [0.1, 0.15) is 19.4 Å². The molecule has 6 nitrogen and oxygen atoms in total. The van der Waals surface area contributed by atoms with Crippen molar-refractivity contribution in [3.63, 3.8) is 0 Å². The standard InChI is InChI=1S/C12H18N2O4S/c1-4-19(17,18)8-10(3)13-11-5-6-12(14(15)16)9(2)7-11/h5-7,10,13H,4,8H2,1-3H3. The Bertz CT molecular complexity index is 569. The van der Waals surface area contributed by atoms with Gasteiger partial charge in [0.2, 0.25) is 0 Å². The molecule has 0 amide bonds. The molecule has 1 aromatic carbocycles. The van der Waals surface area contributed by atoms with Gasteiger partial charge >= 0.3 is 0 Å². The third kappa shape index (κ3) is 4.51. The SMILES string of the molecule is CCS(=O)(=O)CC(C)Nc1ccc([N+](=O)[O-])c(C)c1. The fraction of sp³-hybridized carbons (Fsp3) is 0.500. The highest BCUT2D eigenvalue weighted by Crippen LogP contribution is 2.22. The molecule has 0 aliphatic heterocycles. The normalized spacial score (nSPS) is 13.0. The molecule has 1 aromatic rings. The Morgan fingerprint density at radius 2 is 2.05 bits per heavy atom. The minimum absolute atomic E-state index is 0.0412. The lowest BCUT2D eigenvalue weighted by molar-refractivity contribution is -0.385. The lowest BCUT2D eigenvalue weighted by Crippen LogP contribution is -2.26. The van der Waals surface area contributed by atoms with Crippen LogP contribution < -0.4 is 5.32 Å². The van der Waals surface area contributed by atoms with Crippen LogP contribution in [0.2, 0.25) is 0 Å². The van der Waals surface area contributed by atoms with Gasteiger partial charge in [-0.25, -0.2) is 8.42 Å². The number of hydrogen-bond donors (Lipinski definition) is 1. The summed E-state index contributed by atoms with van der Waals surface area (Å²) in [5.74, 6) is 0.151. The fourth-order valence-corrected chi connectivity index (χ4v) is 2.86. The van der Waals surface area contributed by atoms with E-state index in [9.17, 15) is 18.5 Å². The van der Waals surface area contributed by atoms with Gasteiger partial charge in [-0.15, -0.1) is 0 Å². The average Bonchev–Trinajstić information content (AvgIpc) is 2.27. The second-order valence-electron chi connectivity index (χ2n) is 4.50. The number of nitrogens with one attached hydrogen (secondary N) is 1. The maximum absolute atomic E-state index is 11.5. The Labute approximate surface area is 112 Å². The van der Waals surface area contributed by atoms with Crippen LogP contribution in [-0.4, -0.2) is 30.9 Å². The Balaban J connectivity index is 2.78. The molecule has 0 aliphatic rings. The molecule has 1 unspecified atom stereocenters. The Morgan fingerprint density at radius 1 is 1.42 bits per heavy atom. The van der Waals surface area contributed by atoms with Crippen molar-refractivity contribution < 1.29 is 13.3 Å². The molecule has 0 aromatic heterocycles. The number of rotatable bonds is 6. The first kappa shape index (κ1) is 15.4. The zero-order valence-electron chi connectivity index (χ0n) is 11.2. The summed E-state index contributed by atoms with van der Waals surface area (Å²) in [5.41, 5.74) is 1.28. The molecule has 0 aliphatic carbocycles. The number of nitrogens with zero attached hydrogens (tertiary/aromatic N) is 1. The second-order valence-corrected chi connectivity index (χ2v) is 6.90. The van der Waals surface area contributed by atoms with Crippen molar-refractivity contribution in [3.8, 4) is 0 Å². The first-order valence-electron chi connectivity index (χ1n) is 5.97. The van der Waals surface area contributed by atoms with Crippen molar-refractivity contribution in [1.82, 2.24) is 0 Å². The predicted molar refractivity (Wildman–Crippen MR) is 75.2 cm³/mol. The Morgan fingerprint density at radius 3 is 2.53 bits per heavy atom. The van der Waals surface area contributed by atoms with E-state index in [4.69, 9.17) is 0 Å². The van der Waals surface area contributed by atoms with Gasteiger partial charge < -0.3 is 5.32 Å². The van der Waals surface area contributed by atoms with Crippen LogP contribution in [0.4, 0.5) is 11.4 Å². The van der Waals surface area contributed by atoms with Crippen LogP contribution in [0.3, 0.4) is 0 Å². The summed E-state index contributed by atoms with van der Waals surface area (Å²) >= 11 is 0. The van der Waals surface area contributed by atoms with Crippen LogP contribution in [-0.2, 0) is 9.84 Å². The summed E-state index contributed by atoms with van der Waals surface area (Å²) in [6, 6.07) is 4.40. The van der Waals surface area contributed by atoms with E-state index in [0.717, 1.165) is 0 Å². The van der Waals surface area contributed by atoms with Gasteiger partial charge in [-0.1, -0.05) is 6.92 Å². The third-order valence-corrected chi connectivity index (χ3v) is 4.64. The van der Waals surface area contributed by atoms with Crippen LogP contribution >= 0.6 is 0 Å². The monoisotopic (exact) mass is 286 g/mol. The van der Waals surface area contributed by atoms with E-state index < -0.39 is 14.8 Å². The van der Waals surface area contributed by atoms with Crippen molar-refractivity contribution in [2.75, 3.05) is 16.8 Å². The van der Waals surface area contributed by atoms with Gasteiger partial charge in [-0.05, 0) is 26.0 Å². The fourth-order valence-electron chi connectivity index (χ4n) is 1.78. The van der Waals surface area contributed by atoms with E-state index in [-0.39, 0.29) is 23.2 Å². The highest BCUT2D eigenvalue weighted by molar-refractivity contribution is 7.91. The number of nitro groups is 1. The van der Waals surface area contributed by atoms with Gasteiger partial charge in [0.05, 0.1) is 10.7 Å². The molecule has 1 N–H and O–H groups in total. The summed E-state index contributed by atoms with van der Waals surface area (Å²) in [6.07, 6.45) is 0. The zero-order chi connectivity index (χ0) is 14.6. The summed E-state index contributed by atoms with van der Waals surface area (Å²) in [6.45, 7) is 5.03.